The van der Waals surface area contributed by atoms with E-state index in [2.05, 4.69) is 15.3 Å². The van der Waals surface area contributed by atoms with Crippen molar-refractivity contribution in [2.45, 2.75) is 24.9 Å². The second-order valence-corrected chi connectivity index (χ2v) is 3.85. The third-order valence-electron chi connectivity index (χ3n) is 2.69. The average molecular weight is 193 g/mol. The van der Waals surface area contributed by atoms with E-state index in [-0.39, 0.29) is 0 Å². The number of piperidine rings is 1. The maximum atomic E-state index is 10.2. The molecular formula is C10H15N3O. The van der Waals surface area contributed by atoms with Gasteiger partial charge in [0.2, 0.25) is 0 Å². The minimum atomic E-state index is -0.570. The van der Waals surface area contributed by atoms with E-state index in [1.807, 2.05) is 6.07 Å². The molecule has 4 heteroatoms. The summed E-state index contributed by atoms with van der Waals surface area (Å²) >= 11 is 0. The summed E-state index contributed by atoms with van der Waals surface area (Å²) < 4.78 is 0. The Morgan fingerprint density at radius 3 is 2.86 bits per heavy atom. The van der Waals surface area contributed by atoms with Crippen LogP contribution in [0.4, 0.5) is 0 Å². The monoisotopic (exact) mass is 193 g/mol. The number of nitrogens with zero attached hydrogens (tertiary/aromatic N) is 2. The van der Waals surface area contributed by atoms with E-state index >= 15 is 0 Å². The predicted molar refractivity (Wildman–Crippen MR) is 52.8 cm³/mol. The molecule has 0 amide bonds. The van der Waals surface area contributed by atoms with Gasteiger partial charge in [-0.1, -0.05) is 0 Å². The van der Waals surface area contributed by atoms with Crippen molar-refractivity contribution in [1.29, 1.82) is 0 Å². The first-order valence-corrected chi connectivity index (χ1v) is 4.97. The maximum absolute atomic E-state index is 10.2. The van der Waals surface area contributed by atoms with Crippen LogP contribution in [0.5, 0.6) is 0 Å². The predicted octanol–water partition coefficient (Wildman–Crippen LogP) is 0.134. The van der Waals surface area contributed by atoms with Gasteiger partial charge in [0.05, 0.1) is 5.60 Å². The molecule has 0 radical (unpaired) electrons. The Hall–Kier alpha value is -1.00. The number of hydrogen-bond acceptors (Lipinski definition) is 4. The second-order valence-electron chi connectivity index (χ2n) is 3.85. The number of aliphatic hydroxyl groups is 1. The zero-order valence-electron chi connectivity index (χ0n) is 8.11. The summed E-state index contributed by atoms with van der Waals surface area (Å²) in [6.07, 6.45) is 5.48. The molecule has 0 spiro atoms. The first-order chi connectivity index (χ1) is 6.79. The van der Waals surface area contributed by atoms with Crippen LogP contribution in [0.2, 0.25) is 0 Å². The summed E-state index contributed by atoms with van der Waals surface area (Å²) in [4.78, 5) is 7.98. The van der Waals surface area contributed by atoms with E-state index < -0.39 is 5.60 Å². The van der Waals surface area contributed by atoms with Crippen LogP contribution in [0.1, 0.15) is 18.5 Å². The average Bonchev–Trinajstić information content (AvgIpc) is 2.19. The molecule has 76 valence electrons. The fourth-order valence-corrected chi connectivity index (χ4v) is 1.83. The lowest BCUT2D eigenvalue weighted by Gasteiger charge is -2.32. The highest BCUT2D eigenvalue weighted by Gasteiger charge is 2.29. The van der Waals surface area contributed by atoms with Gasteiger partial charge in [-0.15, -0.1) is 0 Å². The van der Waals surface area contributed by atoms with Crippen molar-refractivity contribution in [2.75, 3.05) is 13.1 Å². The lowest BCUT2D eigenvalue weighted by atomic mass is 9.88. The van der Waals surface area contributed by atoms with Crippen LogP contribution in [0.25, 0.3) is 0 Å². The standard InChI is InChI=1S/C10H15N3O/c14-10(2-5-11-6-3-10)7-9-1-4-12-8-13-9/h1,4,8,11,14H,2-3,5-7H2. The van der Waals surface area contributed by atoms with Crippen LogP contribution in [-0.2, 0) is 6.42 Å². The molecule has 14 heavy (non-hydrogen) atoms. The van der Waals surface area contributed by atoms with Gasteiger partial charge in [0, 0.05) is 18.3 Å². The summed E-state index contributed by atoms with van der Waals surface area (Å²) in [7, 11) is 0. The summed E-state index contributed by atoms with van der Waals surface area (Å²) in [5.41, 5.74) is 0.351. The summed E-state index contributed by atoms with van der Waals surface area (Å²) in [5, 5.41) is 13.5. The molecule has 1 aromatic rings. The first-order valence-electron chi connectivity index (χ1n) is 4.97. The smallest absolute Gasteiger partial charge is 0.115 e. The fourth-order valence-electron chi connectivity index (χ4n) is 1.83. The van der Waals surface area contributed by atoms with Crippen LogP contribution in [0.15, 0.2) is 18.6 Å². The molecule has 2 rings (SSSR count). The SMILES string of the molecule is OC1(Cc2ccncn2)CCNCC1. The summed E-state index contributed by atoms with van der Waals surface area (Å²) in [6, 6.07) is 1.86. The van der Waals surface area contributed by atoms with Gasteiger partial charge in [-0.3, -0.25) is 0 Å². The van der Waals surface area contributed by atoms with Crippen LogP contribution < -0.4 is 5.32 Å². The molecule has 2 heterocycles. The number of hydrogen-bond donors (Lipinski definition) is 2. The number of nitrogens with one attached hydrogen (secondary N) is 1. The normalized spacial score (nSPS) is 20.6. The van der Waals surface area contributed by atoms with Crippen molar-refractivity contribution in [3.8, 4) is 0 Å². The summed E-state index contributed by atoms with van der Waals surface area (Å²) in [6.45, 7) is 1.78. The second kappa shape index (κ2) is 4.02. The van der Waals surface area contributed by atoms with E-state index in [0.29, 0.717) is 6.42 Å². The highest BCUT2D eigenvalue weighted by atomic mass is 16.3. The minimum Gasteiger partial charge on any atom is -0.389 e. The molecule has 0 aromatic carbocycles. The van der Waals surface area contributed by atoms with Crippen LogP contribution in [-0.4, -0.2) is 33.8 Å². The van der Waals surface area contributed by atoms with E-state index in [4.69, 9.17) is 0 Å². The molecule has 0 atom stereocenters. The molecule has 1 fully saturated rings. The molecule has 0 saturated carbocycles. The zero-order valence-corrected chi connectivity index (χ0v) is 8.11. The van der Waals surface area contributed by atoms with Crippen LogP contribution >= 0.6 is 0 Å². The number of rotatable bonds is 2. The van der Waals surface area contributed by atoms with Crippen molar-refractivity contribution in [3.05, 3.63) is 24.3 Å². The zero-order chi connectivity index (χ0) is 9.86. The van der Waals surface area contributed by atoms with Crippen LogP contribution in [0, 0.1) is 0 Å². The molecule has 1 aliphatic rings. The Morgan fingerprint density at radius 2 is 2.21 bits per heavy atom. The molecular weight excluding hydrogens is 178 g/mol. The van der Waals surface area contributed by atoms with Gasteiger partial charge in [-0.05, 0) is 32.0 Å². The van der Waals surface area contributed by atoms with Crippen molar-refractivity contribution in [1.82, 2.24) is 15.3 Å². The highest BCUT2D eigenvalue weighted by molar-refractivity contribution is 5.04. The van der Waals surface area contributed by atoms with E-state index in [1.165, 1.54) is 6.33 Å². The maximum Gasteiger partial charge on any atom is 0.115 e. The molecule has 0 unspecified atom stereocenters. The lowest BCUT2D eigenvalue weighted by molar-refractivity contribution is 0.01000. The first kappa shape index (κ1) is 9.55. The molecule has 0 aliphatic carbocycles. The third kappa shape index (κ3) is 2.27. The van der Waals surface area contributed by atoms with Gasteiger partial charge < -0.3 is 10.4 Å². The van der Waals surface area contributed by atoms with Gasteiger partial charge in [0.25, 0.3) is 0 Å². The quantitative estimate of drug-likeness (QED) is 0.701. The van der Waals surface area contributed by atoms with Gasteiger partial charge in [0.1, 0.15) is 6.33 Å². The van der Waals surface area contributed by atoms with Gasteiger partial charge in [0.15, 0.2) is 0 Å². The van der Waals surface area contributed by atoms with Gasteiger partial charge in [-0.2, -0.15) is 0 Å². The van der Waals surface area contributed by atoms with Crippen molar-refractivity contribution in [2.24, 2.45) is 0 Å². The van der Waals surface area contributed by atoms with Gasteiger partial charge >= 0.3 is 0 Å². The van der Waals surface area contributed by atoms with Crippen molar-refractivity contribution in [3.63, 3.8) is 0 Å². The largest absolute Gasteiger partial charge is 0.389 e. The molecule has 1 aromatic heterocycles. The van der Waals surface area contributed by atoms with Crippen molar-refractivity contribution < 1.29 is 5.11 Å². The Bertz CT molecular complexity index is 283. The number of aromatic nitrogens is 2. The van der Waals surface area contributed by atoms with Gasteiger partial charge in [-0.25, -0.2) is 9.97 Å². The molecule has 1 aliphatic heterocycles. The Morgan fingerprint density at radius 1 is 1.43 bits per heavy atom. The van der Waals surface area contributed by atoms with Crippen LogP contribution in [0.3, 0.4) is 0 Å². The Labute approximate surface area is 83.4 Å². The molecule has 1 saturated heterocycles. The van der Waals surface area contributed by atoms with E-state index in [0.717, 1.165) is 31.6 Å². The lowest BCUT2D eigenvalue weighted by Crippen LogP contribution is -2.43. The van der Waals surface area contributed by atoms with E-state index in [9.17, 15) is 5.11 Å². The summed E-state index contributed by atoms with van der Waals surface area (Å²) in [5.74, 6) is 0. The highest BCUT2D eigenvalue weighted by Crippen LogP contribution is 2.21. The van der Waals surface area contributed by atoms with Crippen molar-refractivity contribution >= 4 is 0 Å². The topological polar surface area (TPSA) is 58.0 Å². The minimum absolute atomic E-state index is 0.570. The third-order valence-corrected chi connectivity index (χ3v) is 2.69. The molecule has 4 nitrogen and oxygen atoms in total. The molecule has 2 N–H and O–H groups in total. The molecule has 0 bridgehead atoms. The van der Waals surface area contributed by atoms with E-state index in [1.54, 1.807) is 6.20 Å². The fraction of sp³-hybridized carbons (Fsp3) is 0.600. The Kier molecular flexibility index (Phi) is 2.74. The Balaban J connectivity index is 2.02.